The lowest BCUT2D eigenvalue weighted by Gasteiger charge is -2.20. The molecule has 0 saturated carbocycles. The molecule has 2 aromatic carbocycles. The van der Waals surface area contributed by atoms with E-state index in [1.54, 1.807) is 7.11 Å². The van der Waals surface area contributed by atoms with Crippen LogP contribution in [0.3, 0.4) is 0 Å². The van der Waals surface area contributed by atoms with Gasteiger partial charge in [-0.2, -0.15) is 0 Å². The smallest absolute Gasteiger partial charge is 0.118 e. The molecule has 21 heavy (non-hydrogen) atoms. The van der Waals surface area contributed by atoms with E-state index in [2.05, 4.69) is 5.32 Å². The van der Waals surface area contributed by atoms with E-state index in [-0.39, 0.29) is 6.04 Å². The molecule has 0 amide bonds. The molecule has 0 aromatic heterocycles. The Bertz CT molecular complexity index is 548. The summed E-state index contributed by atoms with van der Waals surface area (Å²) in [5.41, 5.74) is 3.20. The number of ether oxygens (including phenoxy) is 1. The van der Waals surface area contributed by atoms with Crippen molar-refractivity contribution < 1.29 is 9.84 Å². The van der Waals surface area contributed by atoms with E-state index < -0.39 is 6.10 Å². The second-order valence-corrected chi connectivity index (χ2v) is 5.14. The fourth-order valence-electron chi connectivity index (χ4n) is 2.38. The maximum atomic E-state index is 10.3. The van der Waals surface area contributed by atoms with Crippen LogP contribution in [0.1, 0.15) is 25.5 Å². The number of likely N-dealkylation sites (N-methyl/N-ethyl adjacent to an activating group) is 1. The molecule has 3 nitrogen and oxygen atoms in total. The molecule has 2 N–H and O–H groups in total. The molecular weight excluding hydrogens is 262 g/mol. The minimum absolute atomic E-state index is 0.0434. The third kappa shape index (κ3) is 3.84. The maximum absolute atomic E-state index is 10.3. The zero-order chi connectivity index (χ0) is 15.2. The number of aliphatic hydroxyl groups excluding tert-OH is 1. The summed E-state index contributed by atoms with van der Waals surface area (Å²) in [4.78, 5) is 0. The first-order valence-electron chi connectivity index (χ1n) is 7.31. The lowest BCUT2D eigenvalue weighted by atomic mass is 9.99. The van der Waals surface area contributed by atoms with Gasteiger partial charge >= 0.3 is 0 Å². The maximum Gasteiger partial charge on any atom is 0.118 e. The van der Waals surface area contributed by atoms with E-state index in [4.69, 9.17) is 4.74 Å². The minimum Gasteiger partial charge on any atom is -0.497 e. The van der Waals surface area contributed by atoms with E-state index in [1.165, 1.54) is 0 Å². The summed E-state index contributed by atoms with van der Waals surface area (Å²) < 4.78 is 5.16. The van der Waals surface area contributed by atoms with Crippen molar-refractivity contribution in [3.63, 3.8) is 0 Å². The SMILES string of the molecule is CCNC(C)C(O)c1ccc(-c2ccc(OC)cc2)cc1. The molecule has 0 bridgehead atoms. The normalized spacial score (nSPS) is 13.7. The van der Waals surface area contributed by atoms with Crippen LogP contribution >= 0.6 is 0 Å². The fraction of sp³-hybridized carbons (Fsp3) is 0.333. The Kier molecular flexibility index (Phi) is 5.37. The van der Waals surface area contributed by atoms with Crippen molar-refractivity contribution in [1.29, 1.82) is 0 Å². The number of aliphatic hydroxyl groups is 1. The molecule has 3 heteroatoms. The van der Waals surface area contributed by atoms with Crippen LogP contribution < -0.4 is 10.1 Å². The predicted octanol–water partition coefficient (Wildman–Crippen LogP) is 3.39. The summed E-state index contributed by atoms with van der Waals surface area (Å²) in [6.07, 6.45) is -0.491. The molecule has 2 rings (SSSR count). The van der Waals surface area contributed by atoms with Gasteiger partial charge in [-0.05, 0) is 42.3 Å². The molecule has 112 valence electrons. The summed E-state index contributed by atoms with van der Waals surface area (Å²) in [6.45, 7) is 4.88. The number of methoxy groups -OCH3 is 1. The Morgan fingerprint density at radius 2 is 1.52 bits per heavy atom. The number of nitrogens with one attached hydrogen (secondary N) is 1. The van der Waals surface area contributed by atoms with Gasteiger partial charge in [-0.25, -0.2) is 0 Å². The Hall–Kier alpha value is -1.84. The van der Waals surface area contributed by atoms with E-state index in [0.29, 0.717) is 0 Å². The summed E-state index contributed by atoms with van der Waals surface area (Å²) in [5.74, 6) is 0.852. The highest BCUT2D eigenvalue weighted by Gasteiger charge is 2.15. The van der Waals surface area contributed by atoms with Gasteiger partial charge in [0.2, 0.25) is 0 Å². The highest BCUT2D eigenvalue weighted by molar-refractivity contribution is 5.64. The molecule has 0 spiro atoms. The van der Waals surface area contributed by atoms with Crippen LogP contribution in [0, 0.1) is 0 Å². The van der Waals surface area contributed by atoms with Crippen molar-refractivity contribution in [2.75, 3.05) is 13.7 Å². The van der Waals surface area contributed by atoms with Crippen LogP contribution in [0.2, 0.25) is 0 Å². The molecule has 0 aliphatic carbocycles. The first-order valence-corrected chi connectivity index (χ1v) is 7.31. The molecule has 0 radical (unpaired) electrons. The predicted molar refractivity (Wildman–Crippen MR) is 86.5 cm³/mol. The zero-order valence-corrected chi connectivity index (χ0v) is 12.8. The second-order valence-electron chi connectivity index (χ2n) is 5.14. The number of benzene rings is 2. The van der Waals surface area contributed by atoms with Crippen LogP contribution in [-0.4, -0.2) is 24.8 Å². The van der Waals surface area contributed by atoms with Crippen molar-refractivity contribution in [1.82, 2.24) is 5.32 Å². The lowest BCUT2D eigenvalue weighted by Crippen LogP contribution is -2.31. The van der Waals surface area contributed by atoms with Crippen molar-refractivity contribution in [3.05, 3.63) is 54.1 Å². The van der Waals surface area contributed by atoms with Crippen LogP contribution in [-0.2, 0) is 0 Å². The Morgan fingerprint density at radius 1 is 1.00 bits per heavy atom. The monoisotopic (exact) mass is 285 g/mol. The van der Waals surface area contributed by atoms with Gasteiger partial charge in [0, 0.05) is 6.04 Å². The zero-order valence-electron chi connectivity index (χ0n) is 12.8. The van der Waals surface area contributed by atoms with Crippen LogP contribution in [0.5, 0.6) is 5.75 Å². The molecule has 0 aliphatic heterocycles. The molecule has 2 aromatic rings. The highest BCUT2D eigenvalue weighted by atomic mass is 16.5. The van der Waals surface area contributed by atoms with Gasteiger partial charge in [-0.1, -0.05) is 43.3 Å². The summed E-state index contributed by atoms with van der Waals surface area (Å²) >= 11 is 0. The van der Waals surface area contributed by atoms with Gasteiger partial charge < -0.3 is 15.2 Å². The fourth-order valence-corrected chi connectivity index (χ4v) is 2.38. The standard InChI is InChI=1S/C18H23NO2/c1-4-19-13(2)18(20)16-7-5-14(6-8-16)15-9-11-17(21-3)12-10-15/h5-13,18-20H,4H2,1-3H3. The van der Waals surface area contributed by atoms with E-state index in [9.17, 15) is 5.11 Å². The van der Waals surface area contributed by atoms with E-state index >= 15 is 0 Å². The van der Waals surface area contributed by atoms with Gasteiger partial charge in [-0.3, -0.25) is 0 Å². The molecule has 0 heterocycles. The largest absolute Gasteiger partial charge is 0.497 e. The topological polar surface area (TPSA) is 41.5 Å². The van der Waals surface area contributed by atoms with Crippen molar-refractivity contribution >= 4 is 0 Å². The van der Waals surface area contributed by atoms with Crippen molar-refractivity contribution in [2.45, 2.75) is 26.0 Å². The molecule has 0 saturated heterocycles. The average molecular weight is 285 g/mol. The first-order chi connectivity index (χ1) is 10.2. The Labute approximate surface area is 126 Å². The number of rotatable bonds is 6. The Morgan fingerprint density at radius 3 is 2.00 bits per heavy atom. The molecule has 0 aliphatic rings. The molecule has 0 fully saturated rings. The average Bonchev–Trinajstić information content (AvgIpc) is 2.54. The summed E-state index contributed by atoms with van der Waals surface area (Å²) in [6, 6.07) is 16.1. The van der Waals surface area contributed by atoms with Crippen LogP contribution in [0.4, 0.5) is 0 Å². The highest BCUT2D eigenvalue weighted by Crippen LogP contribution is 2.25. The third-order valence-corrected chi connectivity index (χ3v) is 3.68. The summed E-state index contributed by atoms with van der Waals surface area (Å²) in [5, 5.41) is 13.5. The quantitative estimate of drug-likeness (QED) is 0.855. The van der Waals surface area contributed by atoms with Crippen LogP contribution in [0.15, 0.2) is 48.5 Å². The van der Waals surface area contributed by atoms with Gasteiger partial charge in [-0.15, -0.1) is 0 Å². The number of hydrogen-bond donors (Lipinski definition) is 2. The summed E-state index contributed by atoms with van der Waals surface area (Å²) in [7, 11) is 1.66. The molecular formula is C18H23NO2. The lowest BCUT2D eigenvalue weighted by molar-refractivity contribution is 0.137. The van der Waals surface area contributed by atoms with Gasteiger partial charge in [0.15, 0.2) is 0 Å². The van der Waals surface area contributed by atoms with E-state index in [1.807, 2.05) is 62.4 Å². The van der Waals surface area contributed by atoms with Crippen molar-refractivity contribution in [3.8, 4) is 16.9 Å². The first kappa shape index (κ1) is 15.5. The minimum atomic E-state index is -0.491. The molecule has 2 atom stereocenters. The van der Waals surface area contributed by atoms with Crippen LogP contribution in [0.25, 0.3) is 11.1 Å². The third-order valence-electron chi connectivity index (χ3n) is 3.68. The Balaban J connectivity index is 2.14. The molecule has 2 unspecified atom stereocenters. The second kappa shape index (κ2) is 7.25. The van der Waals surface area contributed by atoms with Gasteiger partial charge in [0.1, 0.15) is 5.75 Å². The van der Waals surface area contributed by atoms with Gasteiger partial charge in [0.25, 0.3) is 0 Å². The van der Waals surface area contributed by atoms with Crippen molar-refractivity contribution in [2.24, 2.45) is 0 Å². The number of hydrogen-bond acceptors (Lipinski definition) is 3. The van der Waals surface area contributed by atoms with Gasteiger partial charge in [0.05, 0.1) is 13.2 Å². The van der Waals surface area contributed by atoms with E-state index in [0.717, 1.165) is 29.0 Å².